The van der Waals surface area contributed by atoms with Gasteiger partial charge in [0.25, 0.3) is 15.7 Å². The largest absolute Gasteiger partial charge is 0.313 e. The lowest BCUT2D eigenvalue weighted by molar-refractivity contribution is -0.387. The molecular weight excluding hydrogens is 403 g/mol. The number of piperazine rings is 1. The van der Waals surface area contributed by atoms with Gasteiger partial charge in [0.2, 0.25) is 0 Å². The van der Waals surface area contributed by atoms with Gasteiger partial charge in [0, 0.05) is 43.1 Å². The van der Waals surface area contributed by atoms with Crippen LogP contribution in [0, 0.1) is 10.1 Å². The standard InChI is InChI=1S/C15H15ClN4O4S.ClH/c16-12-3-4-15(13(8-12)20(21)22)25(23,24)19-7-6-18-10-14(19)11-2-1-5-17-9-11;/h1-5,8-9,14,18H,6-7,10H2;1H. The third-order valence-corrected chi connectivity index (χ3v) is 6.16. The quantitative estimate of drug-likeness (QED) is 0.603. The minimum atomic E-state index is -4.09. The van der Waals surface area contributed by atoms with Crippen molar-refractivity contribution in [1.29, 1.82) is 0 Å². The van der Waals surface area contributed by atoms with Crippen LogP contribution in [0.15, 0.2) is 47.6 Å². The van der Waals surface area contributed by atoms with Crippen LogP contribution < -0.4 is 5.32 Å². The summed E-state index contributed by atoms with van der Waals surface area (Å²) in [6.07, 6.45) is 3.19. The van der Waals surface area contributed by atoms with E-state index < -0.39 is 26.7 Å². The van der Waals surface area contributed by atoms with Crippen molar-refractivity contribution in [2.45, 2.75) is 10.9 Å². The van der Waals surface area contributed by atoms with Crippen molar-refractivity contribution in [1.82, 2.24) is 14.6 Å². The molecule has 1 atom stereocenters. The number of halogens is 2. The molecule has 1 aromatic carbocycles. The molecule has 1 saturated heterocycles. The number of nitro groups is 1. The summed E-state index contributed by atoms with van der Waals surface area (Å²) in [5.41, 5.74) is 0.186. The summed E-state index contributed by atoms with van der Waals surface area (Å²) < 4.78 is 27.6. The first-order valence-electron chi connectivity index (χ1n) is 7.47. The highest BCUT2D eigenvalue weighted by atomic mass is 35.5. The predicted molar refractivity (Wildman–Crippen MR) is 99.1 cm³/mol. The number of rotatable bonds is 4. The van der Waals surface area contributed by atoms with Gasteiger partial charge in [0.1, 0.15) is 0 Å². The first-order chi connectivity index (χ1) is 11.9. The molecule has 1 aliphatic heterocycles. The molecule has 0 aliphatic carbocycles. The molecule has 8 nitrogen and oxygen atoms in total. The minimum Gasteiger partial charge on any atom is -0.313 e. The zero-order valence-electron chi connectivity index (χ0n) is 13.4. The average Bonchev–Trinajstić information content (AvgIpc) is 2.62. The highest BCUT2D eigenvalue weighted by molar-refractivity contribution is 7.89. The fourth-order valence-electron chi connectivity index (χ4n) is 2.81. The van der Waals surface area contributed by atoms with Crippen LogP contribution in [0.5, 0.6) is 0 Å². The van der Waals surface area contributed by atoms with Crippen molar-refractivity contribution in [3.05, 3.63) is 63.4 Å². The number of nitrogens with one attached hydrogen (secondary N) is 1. The molecule has 0 amide bonds. The highest BCUT2D eigenvalue weighted by Crippen LogP contribution is 2.34. The maximum atomic E-state index is 13.1. The third kappa shape index (κ3) is 3.97. The van der Waals surface area contributed by atoms with Crippen LogP contribution in [-0.2, 0) is 10.0 Å². The van der Waals surface area contributed by atoms with Gasteiger partial charge in [0.05, 0.1) is 11.0 Å². The van der Waals surface area contributed by atoms with E-state index in [0.29, 0.717) is 13.1 Å². The van der Waals surface area contributed by atoms with E-state index >= 15 is 0 Å². The van der Waals surface area contributed by atoms with Gasteiger partial charge in [-0.3, -0.25) is 15.1 Å². The first-order valence-corrected chi connectivity index (χ1v) is 9.29. The molecule has 2 aromatic rings. The Morgan fingerprint density at radius 1 is 1.35 bits per heavy atom. The summed E-state index contributed by atoms with van der Waals surface area (Å²) in [4.78, 5) is 14.2. The van der Waals surface area contributed by atoms with Crippen molar-refractivity contribution in [2.75, 3.05) is 19.6 Å². The molecule has 2 heterocycles. The molecular formula is C15H16Cl2N4O4S. The van der Waals surface area contributed by atoms with Crippen molar-refractivity contribution in [3.63, 3.8) is 0 Å². The van der Waals surface area contributed by atoms with Crippen LogP contribution in [0.3, 0.4) is 0 Å². The normalized spacial score (nSPS) is 18.1. The molecule has 1 aromatic heterocycles. The van der Waals surface area contributed by atoms with Gasteiger partial charge in [-0.2, -0.15) is 4.31 Å². The number of hydrogen-bond acceptors (Lipinski definition) is 6. The van der Waals surface area contributed by atoms with Crippen LogP contribution in [-0.4, -0.2) is 42.3 Å². The summed E-state index contributed by atoms with van der Waals surface area (Å²) in [7, 11) is -4.09. The molecule has 0 spiro atoms. The zero-order chi connectivity index (χ0) is 18.0. The van der Waals surface area contributed by atoms with E-state index in [0.717, 1.165) is 11.6 Å². The number of pyridine rings is 1. The van der Waals surface area contributed by atoms with E-state index in [1.54, 1.807) is 24.5 Å². The molecule has 0 bridgehead atoms. The summed E-state index contributed by atoms with van der Waals surface area (Å²) in [5.74, 6) is 0. The lowest BCUT2D eigenvalue weighted by Gasteiger charge is -2.35. The number of nitro benzene ring substituents is 1. The van der Waals surface area contributed by atoms with E-state index in [2.05, 4.69) is 10.3 Å². The average molecular weight is 419 g/mol. The molecule has 1 aliphatic rings. The third-order valence-electron chi connectivity index (χ3n) is 3.97. The molecule has 0 radical (unpaired) electrons. The number of sulfonamides is 1. The monoisotopic (exact) mass is 418 g/mol. The van der Waals surface area contributed by atoms with E-state index in [1.165, 1.54) is 16.4 Å². The Bertz CT molecular complexity index is 896. The maximum absolute atomic E-state index is 13.1. The lowest BCUT2D eigenvalue weighted by atomic mass is 10.1. The Balaban J connectivity index is 0.00000243. The van der Waals surface area contributed by atoms with Gasteiger partial charge in [-0.1, -0.05) is 17.7 Å². The lowest BCUT2D eigenvalue weighted by Crippen LogP contribution is -2.48. The maximum Gasteiger partial charge on any atom is 0.290 e. The fraction of sp³-hybridized carbons (Fsp3) is 0.267. The number of benzene rings is 1. The topological polar surface area (TPSA) is 105 Å². The highest BCUT2D eigenvalue weighted by Gasteiger charge is 2.38. The SMILES string of the molecule is Cl.O=[N+]([O-])c1cc(Cl)ccc1S(=O)(=O)N1CCNCC1c1cccnc1. The molecule has 3 rings (SSSR count). The number of aromatic nitrogens is 1. The Labute approximate surface area is 161 Å². The fourth-order valence-corrected chi connectivity index (χ4v) is 4.73. The van der Waals surface area contributed by atoms with Crippen LogP contribution in [0.1, 0.15) is 11.6 Å². The van der Waals surface area contributed by atoms with Gasteiger partial charge in [-0.25, -0.2) is 8.42 Å². The van der Waals surface area contributed by atoms with Crippen LogP contribution in [0.4, 0.5) is 5.69 Å². The number of hydrogen-bond donors (Lipinski definition) is 1. The van der Waals surface area contributed by atoms with Crippen LogP contribution >= 0.6 is 24.0 Å². The molecule has 140 valence electrons. The first kappa shape index (κ1) is 20.5. The van der Waals surface area contributed by atoms with Gasteiger partial charge in [-0.15, -0.1) is 12.4 Å². The summed E-state index contributed by atoms with van der Waals surface area (Å²) in [5, 5.41) is 14.5. The summed E-state index contributed by atoms with van der Waals surface area (Å²) in [6, 6.07) is 6.57. The van der Waals surface area contributed by atoms with Gasteiger partial charge in [0.15, 0.2) is 4.90 Å². The van der Waals surface area contributed by atoms with Crippen LogP contribution in [0.2, 0.25) is 5.02 Å². The molecule has 0 saturated carbocycles. The Morgan fingerprint density at radius 2 is 2.12 bits per heavy atom. The van der Waals surface area contributed by atoms with E-state index in [4.69, 9.17) is 11.6 Å². The van der Waals surface area contributed by atoms with Gasteiger partial charge >= 0.3 is 0 Å². The Kier molecular flexibility index (Phi) is 6.53. The molecule has 1 N–H and O–H groups in total. The minimum absolute atomic E-state index is 0. The van der Waals surface area contributed by atoms with E-state index in [9.17, 15) is 18.5 Å². The molecule has 26 heavy (non-hydrogen) atoms. The summed E-state index contributed by atoms with van der Waals surface area (Å²) >= 11 is 5.79. The zero-order valence-corrected chi connectivity index (χ0v) is 15.8. The van der Waals surface area contributed by atoms with Gasteiger partial charge < -0.3 is 5.32 Å². The van der Waals surface area contributed by atoms with Crippen molar-refractivity contribution < 1.29 is 13.3 Å². The van der Waals surface area contributed by atoms with Gasteiger partial charge in [-0.05, 0) is 23.8 Å². The second kappa shape index (κ2) is 8.28. The second-order valence-electron chi connectivity index (χ2n) is 5.49. The van der Waals surface area contributed by atoms with Crippen molar-refractivity contribution in [3.8, 4) is 0 Å². The number of nitrogens with zero attached hydrogens (tertiary/aromatic N) is 3. The van der Waals surface area contributed by atoms with E-state index in [-0.39, 0.29) is 28.9 Å². The predicted octanol–water partition coefficient (Wildman–Crippen LogP) is 2.40. The second-order valence-corrected chi connectivity index (χ2v) is 7.79. The molecule has 1 fully saturated rings. The Morgan fingerprint density at radius 3 is 2.77 bits per heavy atom. The van der Waals surface area contributed by atoms with E-state index in [1.807, 2.05) is 0 Å². The summed E-state index contributed by atoms with van der Waals surface area (Å²) in [6.45, 7) is 1.05. The molecule has 1 unspecified atom stereocenters. The Hall–Kier alpha value is -1.78. The smallest absolute Gasteiger partial charge is 0.290 e. The van der Waals surface area contributed by atoms with Crippen molar-refractivity contribution in [2.24, 2.45) is 0 Å². The molecule has 11 heteroatoms. The van der Waals surface area contributed by atoms with Crippen molar-refractivity contribution >= 4 is 39.7 Å². The van der Waals surface area contributed by atoms with Crippen LogP contribution in [0.25, 0.3) is 0 Å².